The number of rotatable bonds is 9. The monoisotopic (exact) mass is 569 g/mol. The molecule has 1 aliphatic carbocycles. The minimum atomic E-state index is -0.929. The highest BCUT2D eigenvalue weighted by molar-refractivity contribution is 5.99. The van der Waals surface area contributed by atoms with Crippen molar-refractivity contribution in [3.63, 3.8) is 0 Å². The molecule has 0 heterocycles. The van der Waals surface area contributed by atoms with Crippen LogP contribution in [-0.2, 0) is 20.7 Å². The molecule has 3 amide bonds. The molecule has 2 N–H and O–H groups in total. The van der Waals surface area contributed by atoms with E-state index in [0.717, 1.165) is 47.1 Å². The summed E-state index contributed by atoms with van der Waals surface area (Å²) < 4.78 is 5.56. The van der Waals surface area contributed by atoms with Crippen LogP contribution in [0.5, 0.6) is 0 Å². The number of nitrogens with zero attached hydrogens (tertiary/aromatic N) is 1. The van der Waals surface area contributed by atoms with E-state index in [1.54, 1.807) is 25.7 Å². The quantitative estimate of drug-likeness (QED) is 0.296. The minimum Gasteiger partial charge on any atom is -0.444 e. The van der Waals surface area contributed by atoms with Gasteiger partial charge >= 0.3 is 6.09 Å². The van der Waals surface area contributed by atoms with E-state index in [1.165, 1.54) is 0 Å². The molecule has 0 radical (unpaired) electrons. The Morgan fingerprint density at radius 1 is 0.881 bits per heavy atom. The van der Waals surface area contributed by atoms with Gasteiger partial charge in [0.25, 0.3) is 5.91 Å². The summed E-state index contributed by atoms with van der Waals surface area (Å²) in [5.41, 5.74) is 4.57. The molecular weight excluding hydrogens is 526 g/mol. The predicted octanol–water partition coefficient (Wildman–Crippen LogP) is 6.81. The maximum absolute atomic E-state index is 14.7. The molecular formula is C35H43N3O4. The van der Waals surface area contributed by atoms with Crippen molar-refractivity contribution in [2.24, 2.45) is 0 Å². The highest BCUT2D eigenvalue weighted by atomic mass is 16.6. The van der Waals surface area contributed by atoms with Crippen LogP contribution >= 0.6 is 0 Å². The van der Waals surface area contributed by atoms with Gasteiger partial charge in [-0.1, -0.05) is 66.7 Å². The number of hydrogen-bond donors (Lipinski definition) is 2. The lowest BCUT2D eigenvalue weighted by molar-refractivity contribution is -0.145. The molecule has 7 heteroatoms. The summed E-state index contributed by atoms with van der Waals surface area (Å²) in [5.74, 6) is -0.589. The average molecular weight is 570 g/mol. The molecule has 0 aliphatic heterocycles. The van der Waals surface area contributed by atoms with Gasteiger partial charge in [-0.05, 0) is 94.7 Å². The van der Waals surface area contributed by atoms with Crippen LogP contribution in [0.1, 0.15) is 73.9 Å². The van der Waals surface area contributed by atoms with Crippen LogP contribution < -0.4 is 10.6 Å². The number of anilines is 1. The van der Waals surface area contributed by atoms with Gasteiger partial charge in [0.1, 0.15) is 17.7 Å². The van der Waals surface area contributed by atoms with E-state index >= 15 is 0 Å². The van der Waals surface area contributed by atoms with Crippen LogP contribution in [0.3, 0.4) is 0 Å². The first-order chi connectivity index (χ1) is 19.9. The van der Waals surface area contributed by atoms with Crippen molar-refractivity contribution in [2.75, 3.05) is 5.32 Å². The molecule has 0 aromatic heterocycles. The molecule has 7 nitrogen and oxygen atoms in total. The fraction of sp³-hybridized carbons (Fsp3) is 0.400. The highest BCUT2D eigenvalue weighted by Crippen LogP contribution is 2.36. The van der Waals surface area contributed by atoms with Gasteiger partial charge in [0, 0.05) is 18.2 Å². The topological polar surface area (TPSA) is 87.7 Å². The Morgan fingerprint density at radius 2 is 1.52 bits per heavy atom. The second-order valence-electron chi connectivity index (χ2n) is 12.2. The van der Waals surface area contributed by atoms with Crippen LogP contribution in [0.15, 0.2) is 72.8 Å². The van der Waals surface area contributed by atoms with Crippen molar-refractivity contribution < 1.29 is 19.1 Å². The number of ether oxygens (including phenoxy) is 1. The van der Waals surface area contributed by atoms with Crippen LogP contribution in [-0.4, -0.2) is 40.5 Å². The number of para-hydroxylation sites is 1. The van der Waals surface area contributed by atoms with Gasteiger partial charge in [-0.15, -0.1) is 0 Å². The van der Waals surface area contributed by atoms with E-state index in [0.29, 0.717) is 5.69 Å². The van der Waals surface area contributed by atoms with Crippen LogP contribution in [0.2, 0.25) is 0 Å². The molecule has 1 aliphatic rings. The number of carbonyl (C=O) groups is 3. The summed E-state index contributed by atoms with van der Waals surface area (Å²) in [7, 11) is 0. The maximum atomic E-state index is 14.7. The smallest absolute Gasteiger partial charge is 0.408 e. The second kappa shape index (κ2) is 13.2. The van der Waals surface area contributed by atoms with E-state index < -0.39 is 23.8 Å². The first-order valence-electron chi connectivity index (χ1n) is 14.7. The lowest BCUT2D eigenvalue weighted by Gasteiger charge is -2.44. The normalized spacial score (nSPS) is 14.7. The Labute approximate surface area is 249 Å². The summed E-state index contributed by atoms with van der Waals surface area (Å²) in [5, 5.41) is 5.96. The van der Waals surface area contributed by atoms with Gasteiger partial charge in [0.15, 0.2) is 0 Å². The zero-order chi connectivity index (χ0) is 30.4. The molecule has 0 saturated heterocycles. The molecule has 1 fully saturated rings. The number of alkyl carbamates (subject to hydrolysis) is 1. The summed E-state index contributed by atoms with van der Waals surface area (Å²) >= 11 is 0. The predicted molar refractivity (Wildman–Crippen MR) is 166 cm³/mol. The summed E-state index contributed by atoms with van der Waals surface area (Å²) in [4.78, 5) is 43.7. The standard InChI is InChI=1S/C35H43N3O4/c1-23-15-12-20-28(25(23)3)31(32(39)36-29-21-11-10-14-24(29)2)38(27-18-13-19-27)33(40)30(22-26-16-8-7-9-17-26)37-34(41)42-35(4,5)6/h7-12,14-17,20-21,27,30-31H,13,18-19,22H2,1-6H3,(H,36,39)(H,37,41). The van der Waals surface area contributed by atoms with Gasteiger partial charge in [-0.2, -0.15) is 0 Å². The summed E-state index contributed by atoms with van der Waals surface area (Å²) in [6.07, 6.45) is 2.14. The molecule has 1 saturated carbocycles. The van der Waals surface area contributed by atoms with Gasteiger partial charge in [-0.25, -0.2) is 4.79 Å². The molecule has 2 unspecified atom stereocenters. The highest BCUT2D eigenvalue weighted by Gasteiger charge is 2.42. The first-order valence-corrected chi connectivity index (χ1v) is 14.7. The van der Waals surface area contributed by atoms with Gasteiger partial charge < -0.3 is 20.3 Å². The molecule has 2 atom stereocenters. The summed E-state index contributed by atoms with van der Waals surface area (Å²) in [6.45, 7) is 11.3. The number of carbonyl (C=O) groups excluding carboxylic acids is 3. The molecule has 0 spiro atoms. The lowest BCUT2D eigenvalue weighted by atomic mass is 9.86. The Bertz CT molecular complexity index is 1410. The van der Waals surface area contributed by atoms with E-state index in [1.807, 2.05) is 93.6 Å². The number of amides is 3. The van der Waals surface area contributed by atoms with Crippen molar-refractivity contribution in [2.45, 2.75) is 91.0 Å². The second-order valence-corrected chi connectivity index (χ2v) is 12.2. The van der Waals surface area contributed by atoms with Crippen LogP contribution in [0.4, 0.5) is 10.5 Å². The Hall–Kier alpha value is -4.13. The minimum absolute atomic E-state index is 0.135. The first kappa shape index (κ1) is 30.8. The average Bonchev–Trinajstić information content (AvgIpc) is 2.89. The lowest BCUT2D eigenvalue weighted by Crippen LogP contribution is -2.57. The Balaban J connectivity index is 1.78. The Morgan fingerprint density at radius 3 is 2.14 bits per heavy atom. The van der Waals surface area contributed by atoms with Gasteiger partial charge in [0.2, 0.25) is 5.91 Å². The Kier molecular flexibility index (Phi) is 9.71. The molecule has 42 heavy (non-hydrogen) atoms. The van der Waals surface area contributed by atoms with E-state index in [-0.39, 0.29) is 24.3 Å². The van der Waals surface area contributed by atoms with Gasteiger partial charge in [-0.3, -0.25) is 9.59 Å². The van der Waals surface area contributed by atoms with Gasteiger partial charge in [0.05, 0.1) is 0 Å². The third-order valence-electron chi connectivity index (χ3n) is 7.86. The van der Waals surface area contributed by atoms with Crippen molar-refractivity contribution in [3.05, 3.63) is 101 Å². The van der Waals surface area contributed by atoms with Crippen LogP contribution in [0, 0.1) is 20.8 Å². The number of benzene rings is 3. The number of aryl methyl sites for hydroxylation is 2. The zero-order valence-corrected chi connectivity index (χ0v) is 25.6. The maximum Gasteiger partial charge on any atom is 0.408 e. The van der Waals surface area contributed by atoms with Crippen molar-refractivity contribution in [3.8, 4) is 0 Å². The fourth-order valence-corrected chi connectivity index (χ4v) is 5.26. The van der Waals surface area contributed by atoms with E-state index in [4.69, 9.17) is 4.74 Å². The molecule has 0 bridgehead atoms. The SMILES string of the molecule is Cc1ccccc1NC(=O)C(c1cccc(C)c1C)N(C(=O)C(Cc1ccccc1)NC(=O)OC(C)(C)C)C1CCC1. The summed E-state index contributed by atoms with van der Waals surface area (Å²) in [6, 6.07) is 21.1. The fourth-order valence-electron chi connectivity index (χ4n) is 5.26. The van der Waals surface area contributed by atoms with Crippen molar-refractivity contribution in [1.29, 1.82) is 0 Å². The third-order valence-corrected chi connectivity index (χ3v) is 7.86. The van der Waals surface area contributed by atoms with Crippen molar-refractivity contribution >= 4 is 23.6 Å². The molecule has 222 valence electrons. The van der Waals surface area contributed by atoms with E-state index in [2.05, 4.69) is 10.6 Å². The number of hydrogen-bond acceptors (Lipinski definition) is 4. The largest absolute Gasteiger partial charge is 0.444 e. The third kappa shape index (κ3) is 7.58. The number of nitrogens with one attached hydrogen (secondary N) is 2. The molecule has 4 rings (SSSR count). The zero-order valence-electron chi connectivity index (χ0n) is 25.6. The van der Waals surface area contributed by atoms with E-state index in [9.17, 15) is 14.4 Å². The molecule has 3 aromatic carbocycles. The van der Waals surface area contributed by atoms with Crippen LogP contribution in [0.25, 0.3) is 0 Å². The molecule has 3 aromatic rings. The van der Waals surface area contributed by atoms with Crippen molar-refractivity contribution in [1.82, 2.24) is 10.2 Å².